The zero-order valence-corrected chi connectivity index (χ0v) is 12.7. The molecule has 0 spiro atoms. The van der Waals surface area contributed by atoms with Crippen molar-refractivity contribution in [3.05, 3.63) is 46.7 Å². The van der Waals surface area contributed by atoms with Crippen LogP contribution in [0.4, 0.5) is 9.52 Å². The van der Waals surface area contributed by atoms with Crippen molar-refractivity contribution in [3.63, 3.8) is 0 Å². The van der Waals surface area contributed by atoms with Gasteiger partial charge >= 0.3 is 0 Å². The number of nitrogens with zero attached hydrogens (tertiary/aromatic N) is 1. The Bertz CT molecular complexity index is 583. The minimum atomic E-state index is -0.257. The third-order valence-electron chi connectivity index (χ3n) is 3.02. The maximum Gasteiger partial charge on any atom is 0.220 e. The Labute approximate surface area is 127 Å². The number of aryl methyl sites for hydroxylation is 1. The van der Waals surface area contributed by atoms with Crippen molar-refractivity contribution in [2.45, 2.75) is 19.3 Å². The zero-order valence-electron chi connectivity index (χ0n) is 11.9. The topological polar surface area (TPSA) is 54.0 Å². The second-order valence-corrected chi connectivity index (χ2v) is 5.48. The monoisotopic (exact) mass is 307 g/mol. The average Bonchev–Trinajstić information content (AvgIpc) is 2.95. The number of nitrogens with one attached hydrogen (secondary N) is 2. The summed E-state index contributed by atoms with van der Waals surface area (Å²) in [6.07, 6.45) is 1.75. The van der Waals surface area contributed by atoms with Gasteiger partial charge in [0.2, 0.25) is 5.91 Å². The quantitative estimate of drug-likeness (QED) is 0.827. The molecule has 2 rings (SSSR count). The third-order valence-corrected chi connectivity index (χ3v) is 3.93. The third kappa shape index (κ3) is 5.15. The fourth-order valence-corrected chi connectivity index (χ4v) is 2.57. The number of aromatic nitrogens is 1. The van der Waals surface area contributed by atoms with Crippen LogP contribution in [0.15, 0.2) is 29.6 Å². The van der Waals surface area contributed by atoms with Gasteiger partial charge in [-0.15, -0.1) is 11.3 Å². The average molecular weight is 307 g/mol. The predicted molar refractivity (Wildman–Crippen MR) is 83.1 cm³/mol. The number of carbonyl (C=O) groups is 1. The highest BCUT2D eigenvalue weighted by molar-refractivity contribution is 7.13. The summed E-state index contributed by atoms with van der Waals surface area (Å²) in [5.74, 6) is -0.254. The Morgan fingerprint density at radius 3 is 2.71 bits per heavy atom. The maximum absolute atomic E-state index is 12.8. The summed E-state index contributed by atoms with van der Waals surface area (Å²) in [5, 5.41) is 8.72. The summed E-state index contributed by atoms with van der Waals surface area (Å²) in [6.45, 7) is 0.579. The smallest absolute Gasteiger partial charge is 0.220 e. The molecule has 2 aromatic rings. The van der Waals surface area contributed by atoms with E-state index in [0.717, 1.165) is 22.8 Å². The number of thiazole rings is 1. The molecule has 0 saturated carbocycles. The fourth-order valence-electron chi connectivity index (χ4n) is 1.86. The molecular formula is C15H18FN3OS. The molecule has 112 valence electrons. The first kappa shape index (κ1) is 15.4. The molecule has 0 bridgehead atoms. The van der Waals surface area contributed by atoms with Gasteiger partial charge < -0.3 is 10.6 Å². The largest absolute Gasteiger partial charge is 0.365 e. The number of benzene rings is 1. The van der Waals surface area contributed by atoms with Crippen LogP contribution < -0.4 is 10.6 Å². The van der Waals surface area contributed by atoms with Crippen molar-refractivity contribution in [2.75, 3.05) is 18.9 Å². The van der Waals surface area contributed by atoms with Crippen LogP contribution in [0.5, 0.6) is 0 Å². The Hall–Kier alpha value is -1.95. The van der Waals surface area contributed by atoms with Gasteiger partial charge in [-0.1, -0.05) is 12.1 Å². The Morgan fingerprint density at radius 1 is 1.29 bits per heavy atom. The highest BCUT2D eigenvalue weighted by Gasteiger charge is 2.04. The van der Waals surface area contributed by atoms with Crippen molar-refractivity contribution in [1.82, 2.24) is 10.3 Å². The fraction of sp³-hybridized carbons (Fsp3) is 0.333. The summed E-state index contributed by atoms with van der Waals surface area (Å²) < 4.78 is 12.8. The van der Waals surface area contributed by atoms with Gasteiger partial charge in [-0.25, -0.2) is 9.37 Å². The Kier molecular flexibility index (Phi) is 5.68. The summed E-state index contributed by atoms with van der Waals surface area (Å²) in [5.41, 5.74) is 1.94. The SMILES string of the molecule is CNc1nc(CCNC(=O)CCc2ccc(F)cc2)cs1. The summed E-state index contributed by atoms with van der Waals surface area (Å²) in [7, 11) is 1.83. The molecule has 0 aliphatic rings. The van der Waals surface area contributed by atoms with Crippen molar-refractivity contribution < 1.29 is 9.18 Å². The number of anilines is 1. The van der Waals surface area contributed by atoms with Crippen LogP contribution in [0, 0.1) is 5.82 Å². The highest BCUT2D eigenvalue weighted by atomic mass is 32.1. The first-order valence-corrected chi connectivity index (χ1v) is 7.68. The normalized spacial score (nSPS) is 10.4. The number of amides is 1. The van der Waals surface area contributed by atoms with E-state index in [1.807, 2.05) is 12.4 Å². The minimum Gasteiger partial charge on any atom is -0.365 e. The number of hydrogen-bond acceptors (Lipinski definition) is 4. The lowest BCUT2D eigenvalue weighted by atomic mass is 10.1. The standard InChI is InChI=1S/C15H18FN3OS/c1-17-15-19-13(10-21-15)8-9-18-14(20)7-4-11-2-5-12(16)6-3-11/h2-3,5-6,10H,4,7-9H2,1H3,(H,17,19)(H,18,20). The minimum absolute atomic E-state index is 0.00314. The van der Waals surface area contributed by atoms with E-state index >= 15 is 0 Å². The van der Waals surface area contributed by atoms with Gasteiger partial charge in [0, 0.05) is 31.8 Å². The molecular weight excluding hydrogens is 289 g/mol. The number of halogens is 1. The molecule has 1 aromatic heterocycles. The van der Waals surface area contributed by atoms with Crippen LogP contribution >= 0.6 is 11.3 Å². The van der Waals surface area contributed by atoms with Gasteiger partial charge in [0.25, 0.3) is 0 Å². The Balaban J connectivity index is 1.66. The molecule has 21 heavy (non-hydrogen) atoms. The maximum atomic E-state index is 12.8. The van der Waals surface area contributed by atoms with E-state index in [-0.39, 0.29) is 11.7 Å². The number of rotatable bonds is 7. The number of hydrogen-bond donors (Lipinski definition) is 2. The molecule has 0 radical (unpaired) electrons. The Morgan fingerprint density at radius 2 is 2.05 bits per heavy atom. The predicted octanol–water partition coefficient (Wildman–Crippen LogP) is 2.62. The van der Waals surface area contributed by atoms with Crippen LogP contribution in [0.3, 0.4) is 0 Å². The van der Waals surface area contributed by atoms with Crippen molar-refractivity contribution in [3.8, 4) is 0 Å². The van der Waals surface area contributed by atoms with Gasteiger partial charge in [-0.2, -0.15) is 0 Å². The molecule has 6 heteroatoms. The van der Waals surface area contributed by atoms with Gasteiger partial charge in [-0.3, -0.25) is 4.79 Å². The van der Waals surface area contributed by atoms with E-state index in [4.69, 9.17) is 0 Å². The van der Waals surface area contributed by atoms with Crippen LogP contribution in [-0.2, 0) is 17.6 Å². The van der Waals surface area contributed by atoms with Crippen molar-refractivity contribution >= 4 is 22.4 Å². The molecule has 1 aromatic carbocycles. The molecule has 1 amide bonds. The molecule has 0 unspecified atom stereocenters. The van der Waals surface area contributed by atoms with Crippen LogP contribution in [0.2, 0.25) is 0 Å². The lowest BCUT2D eigenvalue weighted by molar-refractivity contribution is -0.121. The highest BCUT2D eigenvalue weighted by Crippen LogP contribution is 2.14. The molecule has 0 fully saturated rings. The van der Waals surface area contributed by atoms with Gasteiger partial charge in [0.15, 0.2) is 5.13 Å². The second kappa shape index (κ2) is 7.73. The van der Waals surface area contributed by atoms with E-state index in [1.165, 1.54) is 12.1 Å². The van der Waals surface area contributed by atoms with Crippen molar-refractivity contribution in [2.24, 2.45) is 0 Å². The molecule has 2 N–H and O–H groups in total. The zero-order chi connectivity index (χ0) is 15.1. The molecule has 0 atom stereocenters. The van der Waals surface area contributed by atoms with E-state index < -0.39 is 0 Å². The van der Waals surface area contributed by atoms with Gasteiger partial charge in [0.05, 0.1) is 5.69 Å². The molecule has 0 aliphatic carbocycles. The van der Waals surface area contributed by atoms with E-state index in [0.29, 0.717) is 19.4 Å². The summed E-state index contributed by atoms with van der Waals surface area (Å²) in [4.78, 5) is 16.1. The van der Waals surface area contributed by atoms with Crippen LogP contribution in [0.25, 0.3) is 0 Å². The first-order chi connectivity index (χ1) is 10.2. The van der Waals surface area contributed by atoms with Crippen LogP contribution in [0.1, 0.15) is 17.7 Å². The van der Waals surface area contributed by atoms with Crippen LogP contribution in [-0.4, -0.2) is 24.5 Å². The summed E-state index contributed by atoms with van der Waals surface area (Å²) in [6, 6.07) is 6.23. The molecule has 4 nitrogen and oxygen atoms in total. The second-order valence-electron chi connectivity index (χ2n) is 4.62. The van der Waals surface area contributed by atoms with Gasteiger partial charge in [0.1, 0.15) is 5.82 Å². The van der Waals surface area contributed by atoms with E-state index in [9.17, 15) is 9.18 Å². The molecule has 1 heterocycles. The lowest BCUT2D eigenvalue weighted by Crippen LogP contribution is -2.25. The molecule has 0 saturated heterocycles. The first-order valence-electron chi connectivity index (χ1n) is 6.80. The lowest BCUT2D eigenvalue weighted by Gasteiger charge is -2.04. The van der Waals surface area contributed by atoms with E-state index in [1.54, 1.807) is 23.5 Å². The van der Waals surface area contributed by atoms with E-state index in [2.05, 4.69) is 15.6 Å². The van der Waals surface area contributed by atoms with Crippen molar-refractivity contribution in [1.29, 1.82) is 0 Å². The van der Waals surface area contributed by atoms with Gasteiger partial charge in [-0.05, 0) is 24.1 Å². The number of carbonyl (C=O) groups excluding carboxylic acids is 1. The molecule has 0 aliphatic heterocycles. The summed E-state index contributed by atoms with van der Waals surface area (Å²) >= 11 is 1.55.